The Kier molecular flexibility index (Phi) is 12.9. The molecule has 0 spiro atoms. The van der Waals surface area contributed by atoms with Gasteiger partial charge in [0.25, 0.3) is 5.91 Å². The van der Waals surface area contributed by atoms with Crippen molar-refractivity contribution in [1.29, 1.82) is 0 Å². The summed E-state index contributed by atoms with van der Waals surface area (Å²) < 4.78 is 129. The number of alkyl halides is 7. The highest BCUT2D eigenvalue weighted by atomic mass is 19.4. The van der Waals surface area contributed by atoms with E-state index < -0.39 is 52.9 Å². The van der Waals surface area contributed by atoms with Gasteiger partial charge in [0.05, 0.1) is 24.0 Å². The highest BCUT2D eigenvalue weighted by Gasteiger charge is 2.43. The van der Waals surface area contributed by atoms with Gasteiger partial charge in [0, 0.05) is 18.1 Å². The molecular weight excluding hydrogens is 617 g/mol. The summed E-state index contributed by atoms with van der Waals surface area (Å²) in [4.78, 5) is 13.4. The second-order valence-corrected chi connectivity index (χ2v) is 9.23. The van der Waals surface area contributed by atoms with Crippen LogP contribution in [0.25, 0.3) is 0 Å². The van der Waals surface area contributed by atoms with Gasteiger partial charge >= 0.3 is 18.7 Å². The molecule has 4 nitrogen and oxygen atoms in total. The molecule has 0 aromatic heterocycles. The number of hydrogen-bond donors (Lipinski definition) is 1. The number of halogens is 9. The molecule has 0 aliphatic heterocycles. The SMILES string of the molecule is C=C(OCC)/C(F)=C\C=C\[C@@](Cc1ccccc1)(NC(=O)c1cccc(C(F)(F)F)c1)C(=C)/C=C(F)\C=C\OC(F)(F)C(F)F. The van der Waals surface area contributed by atoms with Crippen LogP contribution in [0.4, 0.5) is 39.5 Å². The summed E-state index contributed by atoms with van der Waals surface area (Å²) in [5.41, 5.74) is -3.31. The maximum Gasteiger partial charge on any atom is 0.460 e. The summed E-state index contributed by atoms with van der Waals surface area (Å²) in [7, 11) is 0. The molecule has 13 heteroatoms. The summed E-state index contributed by atoms with van der Waals surface area (Å²) in [6, 6.07) is 11.5. The van der Waals surface area contributed by atoms with Crippen molar-refractivity contribution in [2.75, 3.05) is 6.61 Å². The van der Waals surface area contributed by atoms with E-state index in [-0.39, 0.29) is 36.7 Å². The van der Waals surface area contributed by atoms with Crippen LogP contribution in [-0.4, -0.2) is 30.6 Å². The first-order chi connectivity index (χ1) is 21.0. The molecule has 0 aliphatic rings. The number of amides is 1. The number of allylic oxidation sites excluding steroid dienone is 5. The number of rotatable bonds is 15. The standard InChI is InChI=1S/C32H28F9NO3/c1-4-44-22(3)27(34)14-9-16-30(20-23-10-6-5-7-11-23,21(2)18-26(33)15-17-45-32(40,41)29(35)36)42-28(43)24-12-8-13-25(19-24)31(37,38)39/h5-19,29H,2-4,20H2,1H3,(H,42,43)/b16-9+,17-15+,26-18+,27-14+/t30-/m0/s1. The minimum absolute atomic E-state index is 0.0152. The maximum atomic E-state index is 14.8. The molecule has 0 unspecified atom stereocenters. The van der Waals surface area contributed by atoms with Crippen LogP contribution in [0.3, 0.4) is 0 Å². The summed E-state index contributed by atoms with van der Waals surface area (Å²) in [5.74, 6) is -3.69. The quantitative estimate of drug-likeness (QED) is 0.119. The predicted molar refractivity (Wildman–Crippen MR) is 150 cm³/mol. The Balaban J connectivity index is 2.66. The van der Waals surface area contributed by atoms with Gasteiger partial charge in [0.2, 0.25) is 0 Å². The molecular formula is C32H28F9NO3. The lowest BCUT2D eigenvalue weighted by molar-refractivity contribution is -0.274. The Hall–Kier alpha value is -4.68. The maximum absolute atomic E-state index is 14.8. The summed E-state index contributed by atoms with van der Waals surface area (Å²) in [6.45, 7) is 8.85. The van der Waals surface area contributed by atoms with Gasteiger partial charge in [-0.25, -0.2) is 8.78 Å². The molecule has 1 atom stereocenters. The molecule has 0 fully saturated rings. The molecule has 45 heavy (non-hydrogen) atoms. The second-order valence-electron chi connectivity index (χ2n) is 9.23. The lowest BCUT2D eigenvalue weighted by atomic mass is 9.82. The van der Waals surface area contributed by atoms with Gasteiger partial charge < -0.3 is 14.8 Å². The smallest absolute Gasteiger partial charge is 0.460 e. The van der Waals surface area contributed by atoms with E-state index in [1.807, 2.05) is 0 Å². The van der Waals surface area contributed by atoms with Crippen molar-refractivity contribution in [3.8, 4) is 0 Å². The lowest BCUT2D eigenvalue weighted by Gasteiger charge is -2.33. The van der Waals surface area contributed by atoms with Crippen LogP contribution in [-0.2, 0) is 22.1 Å². The molecule has 242 valence electrons. The van der Waals surface area contributed by atoms with Crippen LogP contribution in [0.5, 0.6) is 0 Å². The van der Waals surface area contributed by atoms with E-state index in [1.165, 1.54) is 6.08 Å². The number of nitrogens with one attached hydrogen (secondary N) is 1. The van der Waals surface area contributed by atoms with Gasteiger partial charge in [0.15, 0.2) is 5.83 Å². The van der Waals surface area contributed by atoms with Crippen LogP contribution >= 0.6 is 0 Å². The van der Waals surface area contributed by atoms with Crippen LogP contribution in [0.2, 0.25) is 0 Å². The van der Waals surface area contributed by atoms with E-state index in [1.54, 1.807) is 37.3 Å². The average molecular weight is 646 g/mol. The van der Waals surface area contributed by atoms with Crippen molar-refractivity contribution < 1.29 is 53.8 Å². The van der Waals surface area contributed by atoms with Gasteiger partial charge in [-0.15, -0.1) is 0 Å². The molecule has 0 heterocycles. The summed E-state index contributed by atoms with van der Waals surface area (Å²) in [5, 5.41) is 2.52. The van der Waals surface area contributed by atoms with E-state index in [0.717, 1.165) is 30.4 Å². The summed E-state index contributed by atoms with van der Waals surface area (Å²) in [6.07, 6.45) is -10.1. The normalized spacial score (nSPS) is 14.5. The number of ether oxygens (including phenoxy) is 2. The molecule has 0 aliphatic carbocycles. The fraction of sp³-hybridized carbons (Fsp3) is 0.219. The average Bonchev–Trinajstić information content (AvgIpc) is 2.97. The molecule has 0 radical (unpaired) electrons. The third-order valence-electron chi connectivity index (χ3n) is 5.91. The highest BCUT2D eigenvalue weighted by Crippen LogP contribution is 2.31. The van der Waals surface area contributed by atoms with Gasteiger partial charge in [-0.05, 0) is 48.4 Å². The van der Waals surface area contributed by atoms with Gasteiger partial charge in [-0.1, -0.05) is 61.7 Å². The highest BCUT2D eigenvalue weighted by molar-refractivity contribution is 5.95. The van der Waals surface area contributed by atoms with Crippen molar-refractivity contribution in [3.05, 3.63) is 144 Å². The number of carbonyl (C=O) groups is 1. The van der Waals surface area contributed by atoms with Crippen LogP contribution in [0, 0.1) is 0 Å². The van der Waals surface area contributed by atoms with E-state index >= 15 is 0 Å². The largest absolute Gasteiger partial charge is 0.491 e. The molecule has 0 bridgehead atoms. The Labute approximate surface area is 253 Å². The Morgan fingerprint density at radius 1 is 1.00 bits per heavy atom. The molecule has 0 saturated heterocycles. The predicted octanol–water partition coefficient (Wildman–Crippen LogP) is 9.17. The topological polar surface area (TPSA) is 47.6 Å². The molecule has 2 aromatic carbocycles. The van der Waals surface area contributed by atoms with Crippen molar-refractivity contribution in [2.24, 2.45) is 0 Å². The van der Waals surface area contributed by atoms with Gasteiger partial charge in [-0.2, -0.15) is 30.7 Å². The van der Waals surface area contributed by atoms with E-state index in [9.17, 15) is 44.3 Å². The zero-order valence-corrected chi connectivity index (χ0v) is 23.7. The zero-order chi connectivity index (χ0) is 33.8. The van der Waals surface area contributed by atoms with Crippen LogP contribution < -0.4 is 5.32 Å². The minimum atomic E-state index is -4.91. The van der Waals surface area contributed by atoms with Crippen molar-refractivity contribution in [1.82, 2.24) is 5.32 Å². The van der Waals surface area contributed by atoms with Crippen LogP contribution in [0.1, 0.15) is 28.4 Å². The Morgan fingerprint density at radius 2 is 1.67 bits per heavy atom. The van der Waals surface area contributed by atoms with Crippen molar-refractivity contribution >= 4 is 5.91 Å². The Morgan fingerprint density at radius 3 is 2.27 bits per heavy atom. The third kappa shape index (κ3) is 11.1. The van der Waals surface area contributed by atoms with E-state index in [2.05, 4.69) is 23.2 Å². The second kappa shape index (κ2) is 15.9. The molecule has 1 N–H and O–H groups in total. The first-order valence-electron chi connectivity index (χ1n) is 13.0. The van der Waals surface area contributed by atoms with Gasteiger partial charge in [-0.3, -0.25) is 4.79 Å². The van der Waals surface area contributed by atoms with Gasteiger partial charge in [0.1, 0.15) is 11.6 Å². The minimum Gasteiger partial charge on any atom is -0.491 e. The first-order valence-corrected chi connectivity index (χ1v) is 13.0. The first kappa shape index (κ1) is 36.5. The molecule has 2 rings (SSSR count). The van der Waals surface area contributed by atoms with E-state index in [0.29, 0.717) is 17.7 Å². The fourth-order valence-electron chi connectivity index (χ4n) is 3.69. The fourth-order valence-corrected chi connectivity index (χ4v) is 3.69. The molecule has 2 aromatic rings. The van der Waals surface area contributed by atoms with Crippen molar-refractivity contribution in [2.45, 2.75) is 37.6 Å². The lowest BCUT2D eigenvalue weighted by Crippen LogP contribution is -2.50. The Bertz CT molecular complexity index is 1460. The third-order valence-corrected chi connectivity index (χ3v) is 5.91. The van der Waals surface area contributed by atoms with Crippen LogP contribution in [0.15, 0.2) is 127 Å². The molecule has 1 amide bonds. The van der Waals surface area contributed by atoms with E-state index in [4.69, 9.17) is 4.74 Å². The van der Waals surface area contributed by atoms with Crippen molar-refractivity contribution in [3.63, 3.8) is 0 Å². The monoisotopic (exact) mass is 645 g/mol. The number of hydrogen-bond acceptors (Lipinski definition) is 3. The summed E-state index contributed by atoms with van der Waals surface area (Å²) >= 11 is 0. The number of carbonyl (C=O) groups excluding carboxylic acids is 1. The number of benzene rings is 2. The zero-order valence-electron chi connectivity index (χ0n) is 23.7. The molecule has 0 saturated carbocycles.